The molecule has 0 aliphatic heterocycles. The molecule has 2 rings (SSSR count). The number of nitrogens with zero attached hydrogens (tertiary/aromatic N) is 1. The molecule has 4 nitrogen and oxygen atoms in total. The van der Waals surface area contributed by atoms with E-state index in [1.165, 1.54) is 16.8 Å². The number of aliphatic carboxylic acids is 1. The van der Waals surface area contributed by atoms with Crippen LogP contribution in [-0.2, 0) is 11.2 Å². The zero-order valence-electron chi connectivity index (χ0n) is 9.34. The van der Waals surface area contributed by atoms with Crippen molar-refractivity contribution in [1.29, 1.82) is 0 Å². The second-order valence-electron chi connectivity index (χ2n) is 3.74. The van der Waals surface area contributed by atoms with Crippen molar-refractivity contribution in [2.75, 3.05) is 0 Å². The number of hydrogen-bond donors (Lipinski definition) is 1. The first-order valence-corrected chi connectivity index (χ1v) is 5.64. The average molecular weight is 264 g/mol. The fourth-order valence-corrected chi connectivity index (χ4v) is 1.89. The number of carbonyl (C=O) groups is 2. The second kappa shape index (κ2) is 5.06. The Balaban J connectivity index is 2.32. The van der Waals surface area contributed by atoms with E-state index < -0.39 is 5.97 Å². The van der Waals surface area contributed by atoms with Crippen LogP contribution in [0, 0.1) is 0 Å². The lowest BCUT2D eigenvalue weighted by Gasteiger charge is -2.04. The van der Waals surface area contributed by atoms with Gasteiger partial charge < -0.3 is 5.11 Å². The van der Waals surface area contributed by atoms with Crippen LogP contribution in [0.15, 0.2) is 42.6 Å². The van der Waals surface area contributed by atoms with Crippen molar-refractivity contribution >= 4 is 23.5 Å². The van der Waals surface area contributed by atoms with Crippen LogP contribution in [0.1, 0.15) is 15.9 Å². The van der Waals surface area contributed by atoms with Crippen molar-refractivity contribution in [3.8, 4) is 0 Å². The number of hydrogen-bond acceptors (Lipinski definition) is 2. The first-order chi connectivity index (χ1) is 8.59. The summed E-state index contributed by atoms with van der Waals surface area (Å²) >= 11 is 5.99. The molecule has 1 heterocycles. The molecule has 5 heteroatoms. The smallest absolute Gasteiger partial charge is 0.307 e. The molecular formula is C13H10ClNO3. The molecule has 0 unspecified atom stereocenters. The Bertz CT molecular complexity index is 590. The number of benzene rings is 1. The van der Waals surface area contributed by atoms with Crippen LogP contribution in [0.2, 0.25) is 5.15 Å². The van der Waals surface area contributed by atoms with Crippen molar-refractivity contribution in [3.05, 3.63) is 58.9 Å². The second-order valence-corrected chi connectivity index (χ2v) is 4.10. The lowest BCUT2D eigenvalue weighted by molar-refractivity contribution is -0.136. The van der Waals surface area contributed by atoms with E-state index in [0.29, 0.717) is 11.1 Å². The lowest BCUT2D eigenvalue weighted by Crippen LogP contribution is -2.11. The molecule has 1 N–H and O–H groups in total. The molecule has 0 spiro atoms. The summed E-state index contributed by atoms with van der Waals surface area (Å²) < 4.78 is 1.25. The average Bonchev–Trinajstić information content (AvgIpc) is 2.71. The number of carbonyl (C=O) groups excluding carboxylic acids is 1. The summed E-state index contributed by atoms with van der Waals surface area (Å²) in [6, 6.07) is 10.2. The van der Waals surface area contributed by atoms with Gasteiger partial charge in [-0.2, -0.15) is 0 Å². The number of rotatable bonds is 3. The minimum Gasteiger partial charge on any atom is -0.481 e. The molecule has 0 aliphatic carbocycles. The Kier molecular flexibility index (Phi) is 3.48. The van der Waals surface area contributed by atoms with Crippen LogP contribution in [0.4, 0.5) is 0 Å². The van der Waals surface area contributed by atoms with Gasteiger partial charge in [-0.1, -0.05) is 29.8 Å². The van der Waals surface area contributed by atoms with Gasteiger partial charge in [0.2, 0.25) is 0 Å². The van der Waals surface area contributed by atoms with Crippen LogP contribution in [0.3, 0.4) is 0 Å². The maximum Gasteiger partial charge on any atom is 0.307 e. The van der Waals surface area contributed by atoms with Gasteiger partial charge in [-0.15, -0.1) is 0 Å². The van der Waals surface area contributed by atoms with E-state index >= 15 is 0 Å². The molecule has 0 fully saturated rings. The van der Waals surface area contributed by atoms with Crippen molar-refractivity contribution in [2.45, 2.75) is 6.42 Å². The minimum atomic E-state index is -0.984. The molecule has 0 bridgehead atoms. The number of carboxylic acid groups (broad SMARTS) is 1. The Morgan fingerprint density at radius 3 is 2.44 bits per heavy atom. The summed E-state index contributed by atoms with van der Waals surface area (Å²) in [5.74, 6) is -1.26. The Hall–Kier alpha value is -2.07. The van der Waals surface area contributed by atoms with Gasteiger partial charge in [0.05, 0.1) is 6.42 Å². The molecule has 0 saturated heterocycles. The van der Waals surface area contributed by atoms with Gasteiger partial charge in [0.25, 0.3) is 5.91 Å². The van der Waals surface area contributed by atoms with Gasteiger partial charge >= 0.3 is 5.97 Å². The van der Waals surface area contributed by atoms with Crippen LogP contribution in [-0.4, -0.2) is 21.6 Å². The van der Waals surface area contributed by atoms with Crippen LogP contribution >= 0.6 is 11.6 Å². The van der Waals surface area contributed by atoms with Crippen LogP contribution < -0.4 is 0 Å². The lowest BCUT2D eigenvalue weighted by atomic mass is 10.2. The molecule has 0 radical (unpaired) electrons. The van der Waals surface area contributed by atoms with Gasteiger partial charge in [-0.05, 0) is 18.2 Å². The summed E-state index contributed by atoms with van der Waals surface area (Å²) in [6.07, 6.45) is 1.28. The zero-order valence-corrected chi connectivity index (χ0v) is 10.1. The minimum absolute atomic E-state index is 0.145. The van der Waals surface area contributed by atoms with Crippen LogP contribution in [0.5, 0.6) is 0 Å². The molecule has 2 aromatic rings. The molecule has 1 aromatic carbocycles. The summed E-state index contributed by atoms with van der Waals surface area (Å²) in [4.78, 5) is 22.7. The molecule has 92 valence electrons. The van der Waals surface area contributed by atoms with Gasteiger partial charge in [0.1, 0.15) is 5.15 Å². The third kappa shape index (κ3) is 2.43. The Morgan fingerprint density at radius 1 is 1.17 bits per heavy atom. The molecule has 0 saturated carbocycles. The highest BCUT2D eigenvalue weighted by Crippen LogP contribution is 2.19. The quantitative estimate of drug-likeness (QED) is 0.925. The van der Waals surface area contributed by atoms with Crippen molar-refractivity contribution in [3.63, 3.8) is 0 Å². The molecule has 0 aliphatic rings. The van der Waals surface area contributed by atoms with Gasteiger partial charge in [-0.3, -0.25) is 14.2 Å². The Labute approximate surface area is 108 Å². The fourth-order valence-electron chi connectivity index (χ4n) is 1.62. The molecular weight excluding hydrogens is 254 g/mol. The summed E-state index contributed by atoms with van der Waals surface area (Å²) in [5, 5.41) is 8.85. The molecule has 18 heavy (non-hydrogen) atoms. The summed E-state index contributed by atoms with van der Waals surface area (Å²) in [7, 11) is 0. The predicted molar refractivity (Wildman–Crippen MR) is 67.0 cm³/mol. The number of carboxylic acids is 1. The van der Waals surface area contributed by atoms with Gasteiger partial charge in [0, 0.05) is 17.3 Å². The topological polar surface area (TPSA) is 59.3 Å². The molecule has 0 amide bonds. The SMILES string of the molecule is O=C(O)Cc1ccn(C(=O)c2ccccc2)c1Cl. The predicted octanol–water partition coefficient (Wildman–Crippen LogP) is 2.46. The van der Waals surface area contributed by atoms with Gasteiger partial charge in [-0.25, -0.2) is 0 Å². The number of aromatic nitrogens is 1. The summed E-state index contributed by atoms with van der Waals surface area (Å²) in [6.45, 7) is 0. The highest BCUT2D eigenvalue weighted by molar-refractivity contribution is 6.32. The maximum absolute atomic E-state index is 12.1. The van der Waals surface area contributed by atoms with E-state index in [2.05, 4.69) is 0 Å². The van der Waals surface area contributed by atoms with Crippen molar-refractivity contribution in [2.24, 2.45) is 0 Å². The highest BCUT2D eigenvalue weighted by Gasteiger charge is 2.15. The van der Waals surface area contributed by atoms with Crippen LogP contribution in [0.25, 0.3) is 0 Å². The molecule has 0 atom stereocenters. The standard InChI is InChI=1S/C13H10ClNO3/c14-12-10(8-11(16)17)6-7-15(12)13(18)9-4-2-1-3-5-9/h1-7H,8H2,(H,16,17). The normalized spacial score (nSPS) is 10.3. The van der Waals surface area contributed by atoms with Crippen molar-refractivity contribution < 1.29 is 14.7 Å². The van der Waals surface area contributed by atoms with Crippen molar-refractivity contribution in [1.82, 2.24) is 4.57 Å². The van der Waals surface area contributed by atoms with E-state index in [4.69, 9.17) is 16.7 Å². The van der Waals surface area contributed by atoms with E-state index in [0.717, 1.165) is 0 Å². The van der Waals surface area contributed by atoms with E-state index in [9.17, 15) is 9.59 Å². The van der Waals surface area contributed by atoms with E-state index in [-0.39, 0.29) is 17.5 Å². The Morgan fingerprint density at radius 2 is 1.83 bits per heavy atom. The molecule has 1 aromatic heterocycles. The fraction of sp³-hybridized carbons (Fsp3) is 0.0769. The van der Waals surface area contributed by atoms with Gasteiger partial charge in [0.15, 0.2) is 0 Å². The largest absolute Gasteiger partial charge is 0.481 e. The number of halogens is 1. The highest BCUT2D eigenvalue weighted by atomic mass is 35.5. The first kappa shape index (κ1) is 12.4. The van der Waals surface area contributed by atoms with E-state index in [1.54, 1.807) is 24.3 Å². The third-order valence-corrected chi connectivity index (χ3v) is 2.91. The first-order valence-electron chi connectivity index (χ1n) is 5.27. The van der Waals surface area contributed by atoms with E-state index in [1.807, 2.05) is 6.07 Å². The maximum atomic E-state index is 12.1. The zero-order chi connectivity index (χ0) is 13.1. The monoisotopic (exact) mass is 263 g/mol. The third-order valence-electron chi connectivity index (χ3n) is 2.48. The summed E-state index contributed by atoms with van der Waals surface area (Å²) in [5.41, 5.74) is 0.922.